The Morgan fingerprint density at radius 3 is 2.38 bits per heavy atom. The summed E-state index contributed by atoms with van der Waals surface area (Å²) in [5.74, 6) is -0.575. The summed E-state index contributed by atoms with van der Waals surface area (Å²) in [6.45, 7) is 1.03. The van der Waals surface area contributed by atoms with Crippen molar-refractivity contribution in [3.05, 3.63) is 35.9 Å². The van der Waals surface area contributed by atoms with Gasteiger partial charge in [0.1, 0.15) is 0 Å². The lowest BCUT2D eigenvalue weighted by molar-refractivity contribution is -0.122. The number of nitrogens with zero attached hydrogens (tertiary/aromatic N) is 1. The van der Waals surface area contributed by atoms with E-state index in [2.05, 4.69) is 0 Å². The SMILES string of the molecule is CC(=O)NN(Cc1ccccc1)S(=O)(=O)O. The van der Waals surface area contributed by atoms with Crippen molar-refractivity contribution in [1.29, 1.82) is 0 Å². The van der Waals surface area contributed by atoms with Gasteiger partial charge in [-0.15, -0.1) is 0 Å². The standard InChI is InChI=1S/C9H12N2O4S/c1-8(12)10-11(16(13,14)15)7-9-5-3-2-4-6-9/h2-6H,7H2,1H3,(H,10,12)(H,13,14,15). The van der Waals surface area contributed by atoms with Crippen molar-refractivity contribution in [3.8, 4) is 0 Å². The van der Waals surface area contributed by atoms with Gasteiger partial charge in [-0.3, -0.25) is 14.8 Å². The fraction of sp³-hybridized carbons (Fsp3) is 0.222. The van der Waals surface area contributed by atoms with E-state index in [0.29, 0.717) is 9.98 Å². The Hall–Kier alpha value is -1.44. The van der Waals surface area contributed by atoms with Crippen LogP contribution in [0.4, 0.5) is 0 Å². The highest BCUT2D eigenvalue weighted by atomic mass is 32.2. The minimum atomic E-state index is -4.46. The smallest absolute Gasteiger partial charge is 0.274 e. The van der Waals surface area contributed by atoms with Gasteiger partial charge in [-0.2, -0.15) is 8.42 Å². The Balaban J connectivity index is 2.84. The minimum Gasteiger partial charge on any atom is -0.274 e. The topological polar surface area (TPSA) is 86.7 Å². The Labute approximate surface area is 93.7 Å². The van der Waals surface area contributed by atoms with Crippen LogP contribution in [0.2, 0.25) is 0 Å². The highest BCUT2D eigenvalue weighted by Crippen LogP contribution is 2.05. The van der Waals surface area contributed by atoms with E-state index in [1.807, 2.05) is 5.43 Å². The molecule has 0 saturated heterocycles. The molecule has 88 valence electrons. The molecule has 0 radical (unpaired) electrons. The largest absolute Gasteiger partial charge is 0.353 e. The van der Waals surface area contributed by atoms with Crippen LogP contribution in [0, 0.1) is 0 Å². The van der Waals surface area contributed by atoms with Crippen molar-refractivity contribution < 1.29 is 17.8 Å². The fourth-order valence-corrected chi connectivity index (χ4v) is 1.66. The summed E-state index contributed by atoms with van der Waals surface area (Å²) in [7, 11) is -4.46. The second-order valence-corrected chi connectivity index (χ2v) is 4.47. The third kappa shape index (κ3) is 3.97. The van der Waals surface area contributed by atoms with Gasteiger partial charge >= 0.3 is 10.3 Å². The van der Waals surface area contributed by atoms with Crippen LogP contribution in [0.25, 0.3) is 0 Å². The first-order valence-corrected chi connectivity index (χ1v) is 5.85. The van der Waals surface area contributed by atoms with Gasteiger partial charge in [0.2, 0.25) is 5.91 Å². The van der Waals surface area contributed by atoms with E-state index in [9.17, 15) is 13.2 Å². The maximum absolute atomic E-state index is 10.9. The van der Waals surface area contributed by atoms with Gasteiger partial charge < -0.3 is 0 Å². The Morgan fingerprint density at radius 2 is 1.94 bits per heavy atom. The lowest BCUT2D eigenvalue weighted by atomic mass is 10.2. The van der Waals surface area contributed by atoms with Crippen LogP contribution in [0.1, 0.15) is 12.5 Å². The molecule has 1 aromatic rings. The van der Waals surface area contributed by atoms with Gasteiger partial charge in [0, 0.05) is 6.92 Å². The predicted molar refractivity (Wildman–Crippen MR) is 57.4 cm³/mol. The average Bonchev–Trinajstić information content (AvgIpc) is 2.16. The molecule has 0 aliphatic carbocycles. The van der Waals surface area contributed by atoms with E-state index in [0.717, 1.165) is 6.92 Å². The number of amides is 1. The summed E-state index contributed by atoms with van der Waals surface area (Å²) >= 11 is 0. The first kappa shape index (κ1) is 12.6. The Kier molecular flexibility index (Phi) is 3.99. The Morgan fingerprint density at radius 1 is 1.38 bits per heavy atom. The van der Waals surface area contributed by atoms with E-state index in [-0.39, 0.29) is 6.54 Å². The third-order valence-corrected chi connectivity index (χ3v) is 2.51. The normalized spacial score (nSPS) is 11.4. The van der Waals surface area contributed by atoms with E-state index >= 15 is 0 Å². The molecular formula is C9H12N2O4S. The van der Waals surface area contributed by atoms with Crippen molar-refractivity contribution in [2.24, 2.45) is 0 Å². The van der Waals surface area contributed by atoms with Gasteiger partial charge in [0.05, 0.1) is 6.54 Å². The zero-order chi connectivity index (χ0) is 12.2. The monoisotopic (exact) mass is 244 g/mol. The molecule has 0 aromatic heterocycles. The number of hydrogen-bond acceptors (Lipinski definition) is 3. The van der Waals surface area contributed by atoms with E-state index in [1.54, 1.807) is 30.3 Å². The lowest BCUT2D eigenvalue weighted by Crippen LogP contribution is -2.44. The number of hydrazine groups is 1. The van der Waals surface area contributed by atoms with Crippen LogP contribution in [0.3, 0.4) is 0 Å². The zero-order valence-electron chi connectivity index (χ0n) is 8.62. The Bertz CT molecular complexity index is 458. The molecule has 2 N–H and O–H groups in total. The molecular weight excluding hydrogens is 232 g/mol. The summed E-state index contributed by atoms with van der Waals surface area (Å²) in [5.41, 5.74) is 2.67. The summed E-state index contributed by atoms with van der Waals surface area (Å²) in [6, 6.07) is 8.59. The van der Waals surface area contributed by atoms with E-state index in [1.165, 1.54) is 0 Å². The van der Waals surface area contributed by atoms with Gasteiger partial charge in [0.25, 0.3) is 0 Å². The van der Waals surface area contributed by atoms with Gasteiger partial charge in [0.15, 0.2) is 0 Å². The molecule has 0 bridgehead atoms. The second-order valence-electron chi connectivity index (χ2n) is 3.14. The highest BCUT2D eigenvalue weighted by molar-refractivity contribution is 7.83. The van der Waals surface area contributed by atoms with Crippen LogP contribution in [0.15, 0.2) is 30.3 Å². The lowest BCUT2D eigenvalue weighted by Gasteiger charge is -2.18. The first-order chi connectivity index (χ1) is 7.39. The molecule has 0 heterocycles. The molecule has 0 atom stereocenters. The molecule has 0 aliphatic rings. The number of carbonyl (C=O) groups excluding carboxylic acids is 1. The van der Waals surface area contributed by atoms with Crippen LogP contribution >= 0.6 is 0 Å². The number of carbonyl (C=O) groups is 1. The first-order valence-electron chi connectivity index (χ1n) is 4.46. The molecule has 1 amide bonds. The molecule has 1 aromatic carbocycles. The van der Waals surface area contributed by atoms with Crippen molar-refractivity contribution in [3.63, 3.8) is 0 Å². The molecule has 7 heteroatoms. The molecule has 0 saturated carbocycles. The maximum atomic E-state index is 10.9. The number of rotatable bonds is 4. The van der Waals surface area contributed by atoms with Gasteiger partial charge in [-0.1, -0.05) is 34.7 Å². The number of hydrogen-bond donors (Lipinski definition) is 2. The van der Waals surface area contributed by atoms with Crippen LogP contribution in [-0.2, 0) is 21.6 Å². The van der Waals surface area contributed by atoms with Gasteiger partial charge in [-0.05, 0) is 5.56 Å². The predicted octanol–water partition coefficient (Wildman–Crippen LogP) is 0.342. The molecule has 0 spiro atoms. The molecule has 0 fully saturated rings. The van der Waals surface area contributed by atoms with E-state index in [4.69, 9.17) is 4.55 Å². The second kappa shape index (κ2) is 5.06. The summed E-state index contributed by atoms with van der Waals surface area (Å²) < 4.78 is 31.2. The molecule has 6 nitrogen and oxygen atoms in total. The van der Waals surface area contributed by atoms with Crippen molar-refractivity contribution >= 4 is 16.2 Å². The summed E-state index contributed by atoms with van der Waals surface area (Å²) in [6.07, 6.45) is 0. The van der Waals surface area contributed by atoms with Crippen molar-refractivity contribution in [2.45, 2.75) is 13.5 Å². The van der Waals surface area contributed by atoms with Crippen LogP contribution in [0.5, 0.6) is 0 Å². The van der Waals surface area contributed by atoms with E-state index < -0.39 is 16.2 Å². The zero-order valence-corrected chi connectivity index (χ0v) is 9.44. The summed E-state index contributed by atoms with van der Waals surface area (Å²) in [5, 5.41) is 0. The van der Waals surface area contributed by atoms with Crippen molar-refractivity contribution in [1.82, 2.24) is 9.84 Å². The molecule has 0 aliphatic heterocycles. The third-order valence-electron chi connectivity index (χ3n) is 1.73. The van der Waals surface area contributed by atoms with Crippen LogP contribution < -0.4 is 5.43 Å². The van der Waals surface area contributed by atoms with Crippen LogP contribution in [-0.4, -0.2) is 23.3 Å². The van der Waals surface area contributed by atoms with Crippen molar-refractivity contribution in [2.75, 3.05) is 0 Å². The average molecular weight is 244 g/mol. The highest BCUT2D eigenvalue weighted by Gasteiger charge is 2.19. The van der Waals surface area contributed by atoms with Gasteiger partial charge in [-0.25, -0.2) is 0 Å². The molecule has 0 unspecified atom stereocenters. The number of nitrogens with one attached hydrogen (secondary N) is 1. The quantitative estimate of drug-likeness (QED) is 0.590. The minimum absolute atomic E-state index is 0.126. The molecule has 1 rings (SSSR count). The number of benzene rings is 1. The maximum Gasteiger partial charge on any atom is 0.353 e. The fourth-order valence-electron chi connectivity index (χ4n) is 1.10. The summed E-state index contributed by atoms with van der Waals surface area (Å²) in [4.78, 5) is 10.8. The molecule has 16 heavy (non-hydrogen) atoms.